The normalized spacial score (nSPS) is 8.00. The van der Waals surface area contributed by atoms with Crippen molar-refractivity contribution < 1.29 is 18.4 Å². The van der Waals surface area contributed by atoms with Gasteiger partial charge < -0.3 is 0 Å². The molecular weight excluding hydrogens is 194 g/mol. The Balaban J connectivity index is -0.000000168. The van der Waals surface area contributed by atoms with Gasteiger partial charge in [0.25, 0.3) is 0 Å². The van der Waals surface area contributed by atoms with Crippen molar-refractivity contribution in [3.8, 4) is 0 Å². The maximum absolute atomic E-state index is 12.2. The molecule has 0 aromatic carbocycles. The average Bonchev–Trinajstić information content (AvgIpc) is 2.07. The van der Waals surface area contributed by atoms with Crippen LogP contribution in [-0.4, -0.2) is 18.1 Å². The van der Waals surface area contributed by atoms with Crippen molar-refractivity contribution in [3.63, 3.8) is 0 Å². The van der Waals surface area contributed by atoms with E-state index in [0.717, 1.165) is 12.2 Å². The first kappa shape index (κ1) is 18.4. The van der Waals surface area contributed by atoms with Crippen molar-refractivity contribution in [2.75, 3.05) is 0 Å². The minimum atomic E-state index is -2.41. The molecule has 0 bridgehead atoms. The molecule has 0 spiro atoms. The monoisotopic (exact) mass is 208 g/mol. The first-order valence-corrected chi connectivity index (χ1v) is 3.91. The molecular formula is C8H14F2N2O2. The minimum Gasteiger partial charge on any atom is -0.222 e. The molecule has 0 saturated heterocycles. The highest BCUT2D eigenvalue weighted by Gasteiger charge is 2.23. The molecule has 0 aromatic rings. The number of rotatable bonds is 3. The van der Waals surface area contributed by atoms with Crippen molar-refractivity contribution in [1.29, 1.82) is 10.8 Å². The van der Waals surface area contributed by atoms with Crippen molar-refractivity contribution in [2.24, 2.45) is 0 Å². The van der Waals surface area contributed by atoms with E-state index in [1.165, 1.54) is 6.92 Å². The predicted molar refractivity (Wildman–Crippen MR) is 47.0 cm³/mol. The van der Waals surface area contributed by atoms with Gasteiger partial charge >= 0.3 is 0 Å². The second kappa shape index (κ2) is 14.2. The average molecular weight is 208 g/mol. The maximum atomic E-state index is 12.2. The first-order valence-electron chi connectivity index (χ1n) is 3.91. The number of nitrogens with one attached hydrogen (secondary N) is 2. The third-order valence-corrected chi connectivity index (χ3v) is 1.13. The van der Waals surface area contributed by atoms with Gasteiger partial charge in [-0.1, -0.05) is 20.3 Å². The zero-order chi connectivity index (χ0) is 12.0. The van der Waals surface area contributed by atoms with E-state index in [1.54, 1.807) is 6.92 Å². The van der Waals surface area contributed by atoms with Crippen LogP contribution in [0.4, 0.5) is 8.78 Å². The van der Waals surface area contributed by atoms with Gasteiger partial charge in [-0.3, -0.25) is 0 Å². The number of halogens is 2. The fourth-order valence-electron chi connectivity index (χ4n) is 0.543. The fraction of sp³-hybridized carbons (Fsp3) is 0.750. The molecule has 0 radical (unpaired) electrons. The zero-order valence-electron chi connectivity index (χ0n) is 8.19. The summed E-state index contributed by atoms with van der Waals surface area (Å²) in [6.45, 7) is 3.28. The van der Waals surface area contributed by atoms with E-state index in [-0.39, 0.29) is 12.8 Å². The van der Waals surface area contributed by atoms with E-state index in [9.17, 15) is 8.78 Å². The lowest BCUT2D eigenvalue weighted by Gasteiger charge is -2.10. The van der Waals surface area contributed by atoms with Crippen LogP contribution in [0.2, 0.25) is 0 Å². The van der Waals surface area contributed by atoms with E-state index < -0.39 is 5.92 Å². The Kier molecular flexibility index (Phi) is 18.6. The first-order chi connectivity index (χ1) is 6.45. The Morgan fingerprint density at radius 1 is 1.14 bits per heavy atom. The Labute approximate surface area is 81.3 Å². The topological polar surface area (TPSA) is 81.8 Å². The summed E-state index contributed by atoms with van der Waals surface area (Å²) < 4.78 is 24.3. The van der Waals surface area contributed by atoms with Gasteiger partial charge in [-0.2, -0.15) is 0 Å². The van der Waals surface area contributed by atoms with Gasteiger partial charge in [0.15, 0.2) is 0 Å². The van der Waals surface area contributed by atoms with Gasteiger partial charge in [0.2, 0.25) is 18.1 Å². The fourth-order valence-corrected chi connectivity index (χ4v) is 0.543. The van der Waals surface area contributed by atoms with E-state index in [0.29, 0.717) is 6.42 Å². The lowest BCUT2D eigenvalue weighted by atomic mass is 10.1. The summed E-state index contributed by atoms with van der Waals surface area (Å²) in [5, 5.41) is 10.8. The number of hydrogen-bond acceptors (Lipinski definition) is 4. The molecule has 4 nitrogen and oxygen atoms in total. The summed E-state index contributed by atoms with van der Waals surface area (Å²) in [7, 11) is 0. The highest BCUT2D eigenvalue weighted by Crippen LogP contribution is 2.23. The van der Waals surface area contributed by atoms with Crippen LogP contribution < -0.4 is 0 Å². The molecule has 14 heavy (non-hydrogen) atoms. The lowest BCUT2D eigenvalue weighted by Crippen LogP contribution is -2.12. The summed E-state index contributed by atoms with van der Waals surface area (Å²) in [5.41, 5.74) is 0. The van der Waals surface area contributed by atoms with Crippen LogP contribution in [0.25, 0.3) is 0 Å². The van der Waals surface area contributed by atoms with Crippen molar-refractivity contribution in [1.82, 2.24) is 0 Å². The third-order valence-electron chi connectivity index (χ3n) is 1.13. The van der Waals surface area contributed by atoms with Gasteiger partial charge in [-0.25, -0.2) is 29.2 Å². The predicted octanol–water partition coefficient (Wildman–Crippen LogP) is 2.63. The maximum Gasteiger partial charge on any atom is 0.247 e. The SMILES string of the molecule is CCCC(F)(F)CC.N=C=O.N=C=O. The molecule has 0 rings (SSSR count). The highest BCUT2D eigenvalue weighted by atomic mass is 19.3. The van der Waals surface area contributed by atoms with Crippen LogP contribution >= 0.6 is 0 Å². The molecule has 0 aliphatic carbocycles. The summed E-state index contributed by atoms with van der Waals surface area (Å²) in [6, 6.07) is 0. The smallest absolute Gasteiger partial charge is 0.222 e. The lowest BCUT2D eigenvalue weighted by molar-refractivity contribution is -0.0119. The largest absolute Gasteiger partial charge is 0.247 e. The second-order valence-electron chi connectivity index (χ2n) is 2.16. The van der Waals surface area contributed by atoms with E-state index >= 15 is 0 Å². The molecule has 0 saturated carbocycles. The van der Waals surface area contributed by atoms with Crippen LogP contribution in [0.15, 0.2) is 0 Å². The molecule has 0 heterocycles. The minimum absolute atomic E-state index is 0.0269. The summed E-state index contributed by atoms with van der Waals surface area (Å²) in [4.78, 5) is 16.7. The second-order valence-corrected chi connectivity index (χ2v) is 2.16. The Morgan fingerprint density at radius 3 is 1.50 bits per heavy atom. The zero-order valence-corrected chi connectivity index (χ0v) is 8.19. The number of isocyanates is 2. The summed E-state index contributed by atoms with van der Waals surface area (Å²) >= 11 is 0. The van der Waals surface area contributed by atoms with E-state index in [2.05, 4.69) is 0 Å². The van der Waals surface area contributed by atoms with Gasteiger partial charge in [-0.05, 0) is 0 Å². The van der Waals surface area contributed by atoms with Crippen molar-refractivity contribution in [2.45, 2.75) is 39.0 Å². The molecule has 0 amide bonds. The van der Waals surface area contributed by atoms with Crippen LogP contribution in [-0.2, 0) is 9.59 Å². The van der Waals surface area contributed by atoms with E-state index in [1.807, 2.05) is 0 Å². The molecule has 0 aliphatic rings. The third kappa shape index (κ3) is 31.1. The molecule has 0 fully saturated rings. The van der Waals surface area contributed by atoms with Crippen LogP contribution in [0, 0.1) is 10.8 Å². The van der Waals surface area contributed by atoms with Gasteiger partial charge in [0, 0.05) is 12.8 Å². The van der Waals surface area contributed by atoms with Crippen LogP contribution in [0.5, 0.6) is 0 Å². The van der Waals surface area contributed by atoms with Gasteiger partial charge in [-0.15, -0.1) is 0 Å². The molecule has 0 atom stereocenters. The molecule has 6 heteroatoms. The Hall–Kier alpha value is -1.38. The molecule has 0 unspecified atom stereocenters. The summed E-state index contributed by atoms with van der Waals surface area (Å²) in [6.07, 6.45) is 2.07. The molecule has 82 valence electrons. The number of alkyl halides is 2. The quantitative estimate of drug-likeness (QED) is 0.552. The van der Waals surface area contributed by atoms with E-state index in [4.69, 9.17) is 20.4 Å². The number of hydrogen-bond donors (Lipinski definition) is 2. The van der Waals surface area contributed by atoms with Gasteiger partial charge in [0.1, 0.15) is 0 Å². The standard InChI is InChI=1S/C6H12F2.2CHNO/c1-3-5-6(7,8)4-2;2*2-1-3/h3-5H2,1-2H3;2*2H. The van der Waals surface area contributed by atoms with Crippen LogP contribution in [0.3, 0.4) is 0 Å². The molecule has 0 aliphatic heterocycles. The van der Waals surface area contributed by atoms with Gasteiger partial charge in [0.05, 0.1) is 0 Å². The Morgan fingerprint density at radius 2 is 1.43 bits per heavy atom. The molecule has 2 N–H and O–H groups in total. The van der Waals surface area contributed by atoms with Crippen LogP contribution in [0.1, 0.15) is 33.1 Å². The van der Waals surface area contributed by atoms with Crippen molar-refractivity contribution >= 4 is 12.2 Å². The molecule has 0 aromatic heterocycles. The Bertz CT molecular complexity index is 172. The summed E-state index contributed by atoms with van der Waals surface area (Å²) in [5.74, 6) is -2.41. The van der Waals surface area contributed by atoms with Crippen molar-refractivity contribution in [3.05, 3.63) is 0 Å². The highest BCUT2D eigenvalue weighted by molar-refractivity contribution is 5.26. The number of carbonyl (C=O) groups excluding carboxylic acids is 2.